The summed E-state index contributed by atoms with van der Waals surface area (Å²) in [5.74, 6) is 0.557. The average molecular weight is 335 g/mol. The summed E-state index contributed by atoms with van der Waals surface area (Å²) in [6, 6.07) is 7.27. The molecule has 0 heterocycles. The summed E-state index contributed by atoms with van der Waals surface area (Å²) in [5, 5.41) is 0.566. The molecule has 0 aliphatic heterocycles. The third-order valence-electron chi connectivity index (χ3n) is 3.13. The summed E-state index contributed by atoms with van der Waals surface area (Å²) >= 11 is 5.99. The van der Waals surface area contributed by atoms with Crippen molar-refractivity contribution in [3.63, 3.8) is 0 Å². The molecule has 0 aliphatic carbocycles. The number of nitrogens with two attached hydrogens (primary N) is 1. The summed E-state index contributed by atoms with van der Waals surface area (Å²) < 4.78 is 5.56. The van der Waals surface area contributed by atoms with Crippen LogP contribution in [-0.4, -0.2) is 36.5 Å². The van der Waals surface area contributed by atoms with Gasteiger partial charge in [-0.2, -0.15) is 0 Å². The fraction of sp³-hybridized carbons (Fsp3) is 0.533. The molecule has 6 heteroatoms. The number of amides is 1. The van der Waals surface area contributed by atoms with Crippen LogP contribution < -0.4 is 10.5 Å². The molecular formula is C15H24Cl2N2O2. The first-order valence-electron chi connectivity index (χ1n) is 6.80. The number of hydrogen-bond donors (Lipinski definition) is 1. The second kappa shape index (κ2) is 9.13. The molecule has 0 bridgehead atoms. The number of nitrogens with zero attached hydrogens (tertiary/aromatic N) is 1. The Kier molecular flexibility index (Phi) is 8.71. The van der Waals surface area contributed by atoms with E-state index in [9.17, 15) is 4.79 Å². The van der Waals surface area contributed by atoms with Gasteiger partial charge in [0.1, 0.15) is 12.4 Å². The van der Waals surface area contributed by atoms with Crippen molar-refractivity contribution in [2.45, 2.75) is 32.2 Å². The van der Waals surface area contributed by atoms with Crippen LogP contribution in [0.4, 0.5) is 0 Å². The predicted octanol–water partition coefficient (Wildman–Crippen LogP) is 3.12. The minimum atomic E-state index is -0.812. The molecule has 21 heavy (non-hydrogen) atoms. The highest BCUT2D eigenvalue weighted by Crippen LogP contribution is 2.22. The maximum atomic E-state index is 12.2. The molecule has 0 saturated heterocycles. The van der Waals surface area contributed by atoms with E-state index in [1.165, 1.54) is 0 Å². The second-order valence-electron chi connectivity index (χ2n) is 5.17. The van der Waals surface area contributed by atoms with Crippen LogP contribution in [0, 0.1) is 0 Å². The Balaban J connectivity index is 0.00000400. The fourth-order valence-electron chi connectivity index (χ4n) is 2.02. The minimum absolute atomic E-state index is 0. The van der Waals surface area contributed by atoms with Gasteiger partial charge in [-0.1, -0.05) is 37.1 Å². The SMILES string of the molecule is CCCC(C)(N)C(=O)N(C)CCOc1ccccc1Cl.Cl. The standard InChI is InChI=1S/C15H23ClN2O2.ClH/c1-4-9-15(2,17)14(19)18(3)10-11-20-13-8-6-5-7-12(13)16;/h5-8H,4,9-11,17H2,1-3H3;1H. The largest absolute Gasteiger partial charge is 0.490 e. The Morgan fingerprint density at radius 1 is 1.43 bits per heavy atom. The van der Waals surface area contributed by atoms with Gasteiger partial charge in [-0.05, 0) is 25.5 Å². The molecular weight excluding hydrogens is 311 g/mol. The van der Waals surface area contributed by atoms with Gasteiger partial charge < -0.3 is 15.4 Å². The van der Waals surface area contributed by atoms with E-state index in [1.807, 2.05) is 19.1 Å². The zero-order valence-electron chi connectivity index (χ0n) is 12.8. The van der Waals surface area contributed by atoms with Crippen molar-refractivity contribution in [2.24, 2.45) is 5.73 Å². The molecule has 0 fully saturated rings. The van der Waals surface area contributed by atoms with Gasteiger partial charge in [0, 0.05) is 7.05 Å². The van der Waals surface area contributed by atoms with E-state index in [2.05, 4.69) is 0 Å². The van der Waals surface area contributed by atoms with Gasteiger partial charge in [0.25, 0.3) is 0 Å². The number of hydrogen-bond acceptors (Lipinski definition) is 3. The molecule has 1 aromatic rings. The molecule has 2 N–H and O–H groups in total. The van der Waals surface area contributed by atoms with Crippen LogP contribution in [0.1, 0.15) is 26.7 Å². The van der Waals surface area contributed by atoms with E-state index in [0.717, 1.165) is 6.42 Å². The molecule has 1 aromatic carbocycles. The minimum Gasteiger partial charge on any atom is -0.490 e. The number of carbonyl (C=O) groups excluding carboxylic acids is 1. The highest BCUT2D eigenvalue weighted by molar-refractivity contribution is 6.32. The molecule has 1 unspecified atom stereocenters. The Hall–Kier alpha value is -0.970. The normalized spacial score (nSPS) is 13.0. The quantitative estimate of drug-likeness (QED) is 0.833. The topological polar surface area (TPSA) is 55.6 Å². The van der Waals surface area contributed by atoms with Gasteiger partial charge >= 0.3 is 0 Å². The highest BCUT2D eigenvalue weighted by atomic mass is 35.5. The molecule has 120 valence electrons. The summed E-state index contributed by atoms with van der Waals surface area (Å²) in [5.41, 5.74) is 5.21. The Bertz CT molecular complexity index is 453. The first kappa shape index (κ1) is 20.0. The molecule has 4 nitrogen and oxygen atoms in total. The van der Waals surface area contributed by atoms with E-state index in [-0.39, 0.29) is 18.3 Å². The van der Waals surface area contributed by atoms with Crippen LogP contribution >= 0.6 is 24.0 Å². The van der Waals surface area contributed by atoms with Gasteiger partial charge in [-0.3, -0.25) is 4.79 Å². The van der Waals surface area contributed by atoms with Crippen molar-refractivity contribution in [1.29, 1.82) is 0 Å². The predicted molar refractivity (Wildman–Crippen MR) is 89.3 cm³/mol. The summed E-state index contributed by atoms with van der Waals surface area (Å²) in [6.45, 7) is 4.64. The van der Waals surface area contributed by atoms with E-state index in [1.54, 1.807) is 31.0 Å². The number of rotatable bonds is 7. The molecule has 1 amide bonds. The van der Waals surface area contributed by atoms with E-state index in [4.69, 9.17) is 22.1 Å². The lowest BCUT2D eigenvalue weighted by Gasteiger charge is -2.29. The summed E-state index contributed by atoms with van der Waals surface area (Å²) in [7, 11) is 1.74. The van der Waals surface area contributed by atoms with E-state index < -0.39 is 5.54 Å². The smallest absolute Gasteiger partial charge is 0.242 e. The second-order valence-corrected chi connectivity index (χ2v) is 5.58. The van der Waals surface area contributed by atoms with Crippen LogP contribution in [0.25, 0.3) is 0 Å². The number of halogens is 2. The maximum absolute atomic E-state index is 12.2. The maximum Gasteiger partial charge on any atom is 0.242 e. The Morgan fingerprint density at radius 2 is 2.05 bits per heavy atom. The van der Waals surface area contributed by atoms with Crippen molar-refractivity contribution in [3.05, 3.63) is 29.3 Å². The first-order valence-corrected chi connectivity index (χ1v) is 7.18. The number of carbonyl (C=O) groups is 1. The van der Waals surface area contributed by atoms with Crippen molar-refractivity contribution in [3.8, 4) is 5.75 Å². The fourth-order valence-corrected chi connectivity index (χ4v) is 2.21. The van der Waals surface area contributed by atoms with Crippen LogP contribution in [0.3, 0.4) is 0 Å². The Labute approximate surface area is 138 Å². The zero-order chi connectivity index (χ0) is 15.2. The lowest BCUT2D eigenvalue weighted by Crippen LogP contribution is -2.52. The van der Waals surface area contributed by atoms with Crippen LogP contribution in [0.15, 0.2) is 24.3 Å². The number of para-hydroxylation sites is 1. The van der Waals surface area contributed by atoms with Crippen LogP contribution in [-0.2, 0) is 4.79 Å². The number of likely N-dealkylation sites (N-methyl/N-ethyl adjacent to an activating group) is 1. The summed E-state index contributed by atoms with van der Waals surface area (Å²) in [4.78, 5) is 13.8. The molecule has 0 saturated carbocycles. The number of benzene rings is 1. The monoisotopic (exact) mass is 334 g/mol. The lowest BCUT2D eigenvalue weighted by atomic mass is 9.96. The lowest BCUT2D eigenvalue weighted by molar-refractivity contribution is -0.135. The number of ether oxygens (including phenoxy) is 1. The van der Waals surface area contributed by atoms with E-state index >= 15 is 0 Å². The third kappa shape index (κ3) is 6.12. The van der Waals surface area contributed by atoms with Crippen molar-refractivity contribution in [2.75, 3.05) is 20.2 Å². The molecule has 0 aliphatic rings. The molecule has 1 atom stereocenters. The molecule has 0 aromatic heterocycles. The average Bonchev–Trinajstić information content (AvgIpc) is 2.40. The van der Waals surface area contributed by atoms with Crippen molar-refractivity contribution in [1.82, 2.24) is 4.90 Å². The van der Waals surface area contributed by atoms with Crippen LogP contribution in [0.5, 0.6) is 5.75 Å². The van der Waals surface area contributed by atoms with Gasteiger partial charge in [-0.25, -0.2) is 0 Å². The van der Waals surface area contributed by atoms with Gasteiger partial charge in [0.15, 0.2) is 0 Å². The van der Waals surface area contributed by atoms with Gasteiger partial charge in [0.2, 0.25) is 5.91 Å². The van der Waals surface area contributed by atoms with Gasteiger partial charge in [-0.15, -0.1) is 12.4 Å². The first-order chi connectivity index (χ1) is 9.38. The third-order valence-corrected chi connectivity index (χ3v) is 3.44. The van der Waals surface area contributed by atoms with Gasteiger partial charge in [0.05, 0.1) is 17.1 Å². The van der Waals surface area contributed by atoms with Crippen molar-refractivity contribution < 1.29 is 9.53 Å². The Morgan fingerprint density at radius 3 is 2.62 bits per heavy atom. The zero-order valence-corrected chi connectivity index (χ0v) is 14.3. The molecule has 0 radical (unpaired) electrons. The van der Waals surface area contributed by atoms with E-state index in [0.29, 0.717) is 30.3 Å². The van der Waals surface area contributed by atoms with Crippen molar-refractivity contribution >= 4 is 29.9 Å². The molecule has 0 spiro atoms. The highest BCUT2D eigenvalue weighted by Gasteiger charge is 2.29. The van der Waals surface area contributed by atoms with Crippen LogP contribution in [0.2, 0.25) is 5.02 Å². The molecule has 1 rings (SSSR count). The summed E-state index contributed by atoms with van der Waals surface area (Å²) in [6.07, 6.45) is 1.55.